The first-order valence-corrected chi connectivity index (χ1v) is 9.21. The predicted octanol–water partition coefficient (Wildman–Crippen LogP) is 1.93. The van der Waals surface area contributed by atoms with E-state index >= 15 is 0 Å². The van der Waals surface area contributed by atoms with Crippen LogP contribution in [0.15, 0.2) is 53.5 Å². The van der Waals surface area contributed by atoms with Crippen molar-refractivity contribution in [1.29, 1.82) is 0 Å². The molecule has 136 valence electrons. The number of aldehydes is 1. The third-order valence-electron chi connectivity index (χ3n) is 5.94. The number of nitrogens with one attached hydrogen (secondary N) is 1. The van der Waals surface area contributed by atoms with Crippen LogP contribution in [0.3, 0.4) is 0 Å². The largest absolute Gasteiger partial charge is 0.390 e. The third-order valence-corrected chi connectivity index (χ3v) is 5.94. The minimum atomic E-state index is -0.641. The molecular weight excluding hydrogens is 328 g/mol. The summed E-state index contributed by atoms with van der Waals surface area (Å²) in [6.07, 6.45) is 4.82. The molecule has 0 spiro atoms. The standard InChI is InChI=1S/C21H24N2O3/c24-14-19(16-6-7-20(25)22-11-16)23-12-17-9-21(26,10-18(17)13-23)8-15-4-2-1-3-5-15/h1-7,11,14,17-19,26H,8-10,12-13H2,(H,22,25)/t17-,18+,19?,21?. The highest BCUT2D eigenvalue weighted by atomic mass is 16.3. The number of nitrogens with zero attached hydrogens (tertiary/aromatic N) is 1. The molecule has 2 aromatic rings. The van der Waals surface area contributed by atoms with Crippen LogP contribution in [0.4, 0.5) is 0 Å². The highest BCUT2D eigenvalue weighted by Crippen LogP contribution is 2.46. The van der Waals surface area contributed by atoms with Crippen LogP contribution in [0, 0.1) is 11.8 Å². The van der Waals surface area contributed by atoms with Crippen LogP contribution in [0.2, 0.25) is 0 Å². The number of rotatable bonds is 5. The van der Waals surface area contributed by atoms with Crippen LogP contribution in [0.5, 0.6) is 0 Å². The van der Waals surface area contributed by atoms with Crippen molar-refractivity contribution >= 4 is 6.29 Å². The van der Waals surface area contributed by atoms with E-state index in [2.05, 4.69) is 22.0 Å². The Morgan fingerprint density at radius 2 is 1.85 bits per heavy atom. The van der Waals surface area contributed by atoms with Gasteiger partial charge in [0.2, 0.25) is 5.56 Å². The van der Waals surface area contributed by atoms with Crippen molar-refractivity contribution in [2.45, 2.75) is 30.9 Å². The van der Waals surface area contributed by atoms with Crippen molar-refractivity contribution in [3.8, 4) is 0 Å². The van der Waals surface area contributed by atoms with E-state index in [4.69, 9.17) is 0 Å². The van der Waals surface area contributed by atoms with Gasteiger partial charge < -0.3 is 14.9 Å². The van der Waals surface area contributed by atoms with Gasteiger partial charge in [0, 0.05) is 31.8 Å². The fourth-order valence-electron chi connectivity index (χ4n) is 4.83. The van der Waals surface area contributed by atoms with Gasteiger partial charge in [-0.25, -0.2) is 0 Å². The van der Waals surface area contributed by atoms with E-state index in [1.54, 1.807) is 12.3 Å². The number of carbonyl (C=O) groups excluding carboxylic acids is 1. The van der Waals surface area contributed by atoms with Crippen molar-refractivity contribution in [2.24, 2.45) is 11.8 Å². The number of aromatic amines is 1. The van der Waals surface area contributed by atoms with Crippen LogP contribution >= 0.6 is 0 Å². The maximum absolute atomic E-state index is 11.7. The molecule has 0 bridgehead atoms. The molecule has 2 aliphatic rings. The first kappa shape index (κ1) is 17.2. The number of hydrogen-bond acceptors (Lipinski definition) is 4. The lowest BCUT2D eigenvalue weighted by Crippen LogP contribution is -2.34. The Hall–Kier alpha value is -2.24. The molecule has 0 amide bonds. The van der Waals surface area contributed by atoms with E-state index in [9.17, 15) is 14.7 Å². The lowest BCUT2D eigenvalue weighted by Gasteiger charge is -2.28. The maximum Gasteiger partial charge on any atom is 0.247 e. The van der Waals surface area contributed by atoms with Gasteiger partial charge in [-0.05, 0) is 35.8 Å². The van der Waals surface area contributed by atoms with Gasteiger partial charge in [0.1, 0.15) is 6.29 Å². The van der Waals surface area contributed by atoms with Crippen LogP contribution in [-0.2, 0) is 11.2 Å². The number of likely N-dealkylation sites (tertiary alicyclic amines) is 1. The average Bonchev–Trinajstić information content (AvgIpc) is 3.12. The number of hydrogen-bond donors (Lipinski definition) is 2. The van der Waals surface area contributed by atoms with Gasteiger partial charge in [0.25, 0.3) is 0 Å². The number of aromatic nitrogens is 1. The topological polar surface area (TPSA) is 73.4 Å². The molecule has 4 rings (SSSR count). The summed E-state index contributed by atoms with van der Waals surface area (Å²) in [5.74, 6) is 0.822. The number of aliphatic hydroxyl groups is 1. The molecule has 5 nitrogen and oxygen atoms in total. The monoisotopic (exact) mass is 352 g/mol. The molecule has 2 unspecified atom stereocenters. The Bertz CT molecular complexity index is 798. The zero-order valence-electron chi connectivity index (χ0n) is 14.7. The summed E-state index contributed by atoms with van der Waals surface area (Å²) in [7, 11) is 0. The second-order valence-corrected chi connectivity index (χ2v) is 7.84. The number of carbonyl (C=O) groups is 1. The van der Waals surface area contributed by atoms with Gasteiger partial charge in [-0.1, -0.05) is 36.4 Å². The first-order valence-electron chi connectivity index (χ1n) is 9.21. The maximum atomic E-state index is 11.7. The molecule has 1 aliphatic heterocycles. The highest BCUT2D eigenvalue weighted by molar-refractivity contribution is 5.61. The quantitative estimate of drug-likeness (QED) is 0.807. The summed E-state index contributed by atoms with van der Waals surface area (Å²) in [5, 5.41) is 11.1. The lowest BCUT2D eigenvalue weighted by atomic mass is 9.91. The molecule has 2 fully saturated rings. The lowest BCUT2D eigenvalue weighted by molar-refractivity contribution is -0.112. The summed E-state index contributed by atoms with van der Waals surface area (Å²) in [6.45, 7) is 1.62. The molecule has 2 heterocycles. The smallest absolute Gasteiger partial charge is 0.247 e. The Kier molecular flexibility index (Phi) is 4.51. The van der Waals surface area contributed by atoms with Crippen molar-refractivity contribution in [1.82, 2.24) is 9.88 Å². The molecule has 1 saturated carbocycles. The second kappa shape index (κ2) is 6.82. The van der Waals surface area contributed by atoms with Crippen molar-refractivity contribution in [2.75, 3.05) is 13.1 Å². The Morgan fingerprint density at radius 3 is 2.42 bits per heavy atom. The summed E-state index contributed by atoms with van der Waals surface area (Å²) in [5.41, 5.74) is 1.19. The molecule has 2 N–H and O–H groups in total. The van der Waals surface area contributed by atoms with E-state index < -0.39 is 5.60 Å². The molecule has 1 saturated heterocycles. The van der Waals surface area contributed by atoms with Crippen LogP contribution in [0.25, 0.3) is 0 Å². The second-order valence-electron chi connectivity index (χ2n) is 7.84. The molecule has 0 radical (unpaired) electrons. The number of fused-ring (bicyclic) bond motifs is 1. The van der Waals surface area contributed by atoms with E-state index in [1.165, 1.54) is 11.6 Å². The number of H-pyrrole nitrogens is 1. The van der Waals surface area contributed by atoms with Crippen LogP contribution < -0.4 is 5.56 Å². The Labute approximate surface area is 152 Å². The zero-order chi connectivity index (χ0) is 18.1. The Morgan fingerprint density at radius 1 is 1.15 bits per heavy atom. The molecular formula is C21H24N2O3. The zero-order valence-corrected chi connectivity index (χ0v) is 14.7. The summed E-state index contributed by atoms with van der Waals surface area (Å²) >= 11 is 0. The average molecular weight is 352 g/mol. The third kappa shape index (κ3) is 3.37. The van der Waals surface area contributed by atoms with Crippen molar-refractivity contribution in [3.05, 3.63) is 70.1 Å². The van der Waals surface area contributed by atoms with Gasteiger partial charge in [-0.15, -0.1) is 0 Å². The molecule has 1 aromatic heterocycles. The SMILES string of the molecule is O=CC(c1ccc(=O)[nH]c1)N1C[C@@H]2CC(O)(Cc3ccccc3)C[C@@H]2C1. The van der Waals surface area contributed by atoms with Crippen LogP contribution in [0.1, 0.15) is 30.0 Å². The van der Waals surface area contributed by atoms with Gasteiger partial charge in [0.05, 0.1) is 11.6 Å². The van der Waals surface area contributed by atoms with Gasteiger partial charge in [-0.3, -0.25) is 9.69 Å². The van der Waals surface area contributed by atoms with E-state index in [0.717, 1.165) is 37.8 Å². The predicted molar refractivity (Wildman–Crippen MR) is 98.8 cm³/mol. The minimum Gasteiger partial charge on any atom is -0.390 e. The number of pyridine rings is 1. The van der Waals surface area contributed by atoms with Crippen LogP contribution in [-0.4, -0.2) is 40.0 Å². The van der Waals surface area contributed by atoms with Gasteiger partial charge in [0.15, 0.2) is 0 Å². The van der Waals surface area contributed by atoms with E-state index in [-0.39, 0.29) is 11.6 Å². The fourth-order valence-corrected chi connectivity index (χ4v) is 4.83. The molecule has 4 atom stereocenters. The normalized spacial score (nSPS) is 29.4. The van der Waals surface area contributed by atoms with Gasteiger partial charge in [-0.2, -0.15) is 0 Å². The molecule has 26 heavy (non-hydrogen) atoms. The minimum absolute atomic E-state index is 0.164. The molecule has 5 heteroatoms. The summed E-state index contributed by atoms with van der Waals surface area (Å²) in [4.78, 5) is 27.8. The highest BCUT2D eigenvalue weighted by Gasteiger charge is 2.49. The van der Waals surface area contributed by atoms with Crippen molar-refractivity contribution < 1.29 is 9.90 Å². The molecule has 1 aliphatic carbocycles. The first-order chi connectivity index (χ1) is 12.6. The van der Waals surface area contributed by atoms with Gasteiger partial charge >= 0.3 is 0 Å². The Balaban J connectivity index is 1.43. The number of benzene rings is 1. The van der Waals surface area contributed by atoms with E-state index in [0.29, 0.717) is 18.3 Å². The molecule has 1 aromatic carbocycles. The summed E-state index contributed by atoms with van der Waals surface area (Å²) in [6, 6.07) is 13.0. The van der Waals surface area contributed by atoms with E-state index in [1.807, 2.05) is 18.2 Å². The fraction of sp³-hybridized carbons (Fsp3) is 0.429. The van der Waals surface area contributed by atoms with Crippen molar-refractivity contribution in [3.63, 3.8) is 0 Å². The summed E-state index contributed by atoms with van der Waals surface area (Å²) < 4.78 is 0.